The number of imide groups is 1. The Balaban J connectivity index is 0.00000225. The van der Waals surface area contributed by atoms with Crippen LogP contribution in [0.25, 0.3) is 0 Å². The molecule has 4 amide bonds. The van der Waals surface area contributed by atoms with E-state index in [-0.39, 0.29) is 55.2 Å². The largest absolute Gasteiger partial charge is 0.340 e. The lowest BCUT2D eigenvalue weighted by Gasteiger charge is -2.21. The van der Waals surface area contributed by atoms with Crippen molar-refractivity contribution >= 4 is 30.3 Å². The number of rotatable bonds is 4. The molecule has 3 aliphatic rings. The number of carbonyl (C=O) groups is 3. The molecule has 2 heterocycles. The maximum Gasteiger partial charge on any atom is 0.325 e. The Bertz CT molecular complexity index is 751. The lowest BCUT2D eigenvalue weighted by atomic mass is 9.95. The van der Waals surface area contributed by atoms with Crippen molar-refractivity contribution in [2.24, 2.45) is 5.73 Å². The van der Waals surface area contributed by atoms with E-state index >= 15 is 0 Å². The normalized spacial score (nSPS) is 25.9. The Morgan fingerprint density at radius 2 is 1.82 bits per heavy atom. The summed E-state index contributed by atoms with van der Waals surface area (Å²) in [6, 6.07) is 9.51. The minimum absolute atomic E-state index is 0. The summed E-state index contributed by atoms with van der Waals surface area (Å²) in [6.45, 7) is 1.21. The molecular formula is C20H27ClN4O3. The van der Waals surface area contributed by atoms with Gasteiger partial charge in [-0.05, 0) is 18.4 Å². The molecule has 0 bridgehead atoms. The highest BCUT2D eigenvalue weighted by Crippen LogP contribution is 2.35. The predicted molar refractivity (Wildman–Crippen MR) is 107 cm³/mol. The van der Waals surface area contributed by atoms with Crippen LogP contribution in [0, 0.1) is 0 Å². The Morgan fingerprint density at radius 3 is 2.50 bits per heavy atom. The molecule has 0 radical (unpaired) electrons. The first-order valence-corrected chi connectivity index (χ1v) is 9.73. The van der Waals surface area contributed by atoms with E-state index in [0.717, 1.165) is 18.4 Å². The fraction of sp³-hybridized carbons (Fsp3) is 0.550. The standard InChI is InChI=1S/C20H26N4O3.ClH/c21-16-13-23(12-15(16)14-6-2-1-3-7-14)17(25)8-11-24-18(26)20(22-19(24)27)9-4-5-10-20;/h1-3,6-7,15-16H,4-5,8-13,21H2,(H,22,27);1H/t15-,16+;/m0./s1. The van der Waals surface area contributed by atoms with E-state index in [9.17, 15) is 14.4 Å². The number of likely N-dealkylation sites (tertiary alicyclic amines) is 1. The first-order valence-electron chi connectivity index (χ1n) is 9.73. The Labute approximate surface area is 171 Å². The molecule has 2 saturated heterocycles. The van der Waals surface area contributed by atoms with Gasteiger partial charge in [-0.1, -0.05) is 43.2 Å². The minimum Gasteiger partial charge on any atom is -0.340 e. The lowest BCUT2D eigenvalue weighted by Crippen LogP contribution is -2.44. The first-order chi connectivity index (χ1) is 13.0. The van der Waals surface area contributed by atoms with Crippen LogP contribution in [0.5, 0.6) is 0 Å². The molecule has 3 N–H and O–H groups in total. The number of nitrogens with two attached hydrogens (primary N) is 1. The molecule has 2 atom stereocenters. The Morgan fingerprint density at radius 1 is 1.14 bits per heavy atom. The molecule has 8 heteroatoms. The minimum atomic E-state index is -0.714. The molecule has 1 aromatic rings. The third-order valence-electron chi connectivity index (χ3n) is 6.20. The Hall–Kier alpha value is -2.12. The summed E-state index contributed by atoms with van der Waals surface area (Å²) in [5.74, 6) is -0.108. The first kappa shape index (κ1) is 20.6. The number of carbonyl (C=O) groups excluding carboxylic acids is 3. The van der Waals surface area contributed by atoms with Gasteiger partial charge in [0.15, 0.2) is 0 Å². The quantitative estimate of drug-likeness (QED) is 0.742. The third kappa shape index (κ3) is 3.61. The second-order valence-corrected chi connectivity index (χ2v) is 7.91. The van der Waals surface area contributed by atoms with Gasteiger partial charge in [-0.3, -0.25) is 14.5 Å². The van der Waals surface area contributed by atoms with Gasteiger partial charge in [0.1, 0.15) is 5.54 Å². The van der Waals surface area contributed by atoms with Gasteiger partial charge in [-0.15, -0.1) is 12.4 Å². The number of halogens is 1. The van der Waals surface area contributed by atoms with Gasteiger partial charge < -0.3 is 16.0 Å². The molecule has 152 valence electrons. The topological polar surface area (TPSA) is 95.7 Å². The number of hydrogen-bond acceptors (Lipinski definition) is 4. The van der Waals surface area contributed by atoms with E-state index in [1.54, 1.807) is 4.90 Å². The van der Waals surface area contributed by atoms with Crippen molar-refractivity contribution in [1.29, 1.82) is 0 Å². The smallest absolute Gasteiger partial charge is 0.325 e. The van der Waals surface area contributed by atoms with Crippen LogP contribution in [-0.4, -0.2) is 58.9 Å². The lowest BCUT2D eigenvalue weighted by molar-refractivity contribution is -0.133. The number of nitrogens with zero attached hydrogens (tertiary/aromatic N) is 2. The average Bonchev–Trinajstić information content (AvgIpc) is 3.35. The molecule has 3 fully saturated rings. The third-order valence-corrected chi connectivity index (χ3v) is 6.20. The summed E-state index contributed by atoms with van der Waals surface area (Å²) < 4.78 is 0. The second kappa shape index (κ2) is 8.09. The molecule has 1 saturated carbocycles. The molecule has 0 unspecified atom stereocenters. The van der Waals surface area contributed by atoms with E-state index in [1.165, 1.54) is 4.90 Å². The van der Waals surface area contributed by atoms with Crippen LogP contribution in [0.4, 0.5) is 4.79 Å². The summed E-state index contributed by atoms with van der Waals surface area (Å²) in [6.07, 6.45) is 3.43. The molecule has 4 rings (SSSR count). The van der Waals surface area contributed by atoms with Gasteiger partial charge in [-0.25, -0.2) is 4.79 Å². The van der Waals surface area contributed by atoms with Gasteiger partial charge in [0.05, 0.1) is 0 Å². The van der Waals surface area contributed by atoms with Crippen molar-refractivity contribution in [3.63, 3.8) is 0 Å². The van der Waals surface area contributed by atoms with Crippen molar-refractivity contribution < 1.29 is 14.4 Å². The van der Waals surface area contributed by atoms with Crippen LogP contribution in [-0.2, 0) is 9.59 Å². The van der Waals surface area contributed by atoms with E-state index in [2.05, 4.69) is 5.32 Å². The average molecular weight is 407 g/mol. The SMILES string of the molecule is Cl.N[C@@H]1CN(C(=O)CCN2C(=O)NC3(CCCC3)C2=O)C[C@H]1c1ccccc1. The molecule has 7 nitrogen and oxygen atoms in total. The van der Waals surface area contributed by atoms with Crippen molar-refractivity contribution in [1.82, 2.24) is 15.1 Å². The summed E-state index contributed by atoms with van der Waals surface area (Å²) in [7, 11) is 0. The summed E-state index contributed by atoms with van der Waals surface area (Å²) in [4.78, 5) is 40.5. The zero-order valence-corrected chi connectivity index (χ0v) is 16.6. The number of hydrogen-bond donors (Lipinski definition) is 2. The highest BCUT2D eigenvalue weighted by atomic mass is 35.5. The summed E-state index contributed by atoms with van der Waals surface area (Å²) in [5.41, 5.74) is 6.68. The molecule has 2 aliphatic heterocycles. The Kier molecular flexibility index (Phi) is 5.95. The van der Waals surface area contributed by atoms with Crippen molar-refractivity contribution in [3.05, 3.63) is 35.9 Å². The van der Waals surface area contributed by atoms with E-state index in [1.807, 2.05) is 30.3 Å². The van der Waals surface area contributed by atoms with Crippen molar-refractivity contribution in [3.8, 4) is 0 Å². The zero-order valence-electron chi connectivity index (χ0n) is 15.8. The van der Waals surface area contributed by atoms with Crippen molar-refractivity contribution in [2.75, 3.05) is 19.6 Å². The van der Waals surface area contributed by atoms with Crippen LogP contribution in [0.2, 0.25) is 0 Å². The van der Waals surface area contributed by atoms with E-state index < -0.39 is 5.54 Å². The number of urea groups is 1. The molecule has 0 aromatic heterocycles. The number of benzene rings is 1. The van der Waals surface area contributed by atoms with Crippen molar-refractivity contribution in [2.45, 2.75) is 49.6 Å². The van der Waals surface area contributed by atoms with Gasteiger partial charge in [-0.2, -0.15) is 0 Å². The molecule has 1 spiro atoms. The molecular weight excluding hydrogens is 380 g/mol. The van der Waals surface area contributed by atoms with Gasteiger partial charge >= 0.3 is 6.03 Å². The maximum atomic E-state index is 12.7. The van der Waals surface area contributed by atoms with Gasteiger partial charge in [0.25, 0.3) is 5.91 Å². The number of nitrogens with one attached hydrogen (secondary N) is 1. The van der Waals surface area contributed by atoms with Gasteiger partial charge in [0.2, 0.25) is 5.91 Å². The highest BCUT2D eigenvalue weighted by Gasteiger charge is 2.52. The number of amides is 4. The fourth-order valence-electron chi connectivity index (χ4n) is 4.65. The molecule has 1 aliphatic carbocycles. The van der Waals surface area contributed by atoms with Crippen LogP contribution in [0.15, 0.2) is 30.3 Å². The predicted octanol–water partition coefficient (Wildman–Crippen LogP) is 1.62. The summed E-state index contributed by atoms with van der Waals surface area (Å²) >= 11 is 0. The second-order valence-electron chi connectivity index (χ2n) is 7.91. The van der Waals surface area contributed by atoms with Crippen LogP contribution < -0.4 is 11.1 Å². The zero-order chi connectivity index (χ0) is 19.0. The monoisotopic (exact) mass is 406 g/mol. The van der Waals surface area contributed by atoms with Crippen LogP contribution in [0.1, 0.15) is 43.6 Å². The van der Waals surface area contributed by atoms with Crippen LogP contribution >= 0.6 is 12.4 Å². The maximum absolute atomic E-state index is 12.7. The fourth-order valence-corrected chi connectivity index (χ4v) is 4.65. The molecule has 28 heavy (non-hydrogen) atoms. The van der Waals surface area contributed by atoms with E-state index in [4.69, 9.17) is 5.73 Å². The van der Waals surface area contributed by atoms with Gasteiger partial charge in [0, 0.05) is 38.0 Å². The van der Waals surface area contributed by atoms with E-state index in [0.29, 0.717) is 25.9 Å². The highest BCUT2D eigenvalue weighted by molar-refractivity contribution is 6.07. The molecule has 1 aromatic carbocycles. The van der Waals surface area contributed by atoms with Crippen LogP contribution in [0.3, 0.4) is 0 Å². The summed E-state index contributed by atoms with van der Waals surface area (Å²) in [5, 5.41) is 2.85.